The van der Waals surface area contributed by atoms with Gasteiger partial charge in [-0.05, 0) is 46.8 Å². The number of para-hydroxylation sites is 1. The van der Waals surface area contributed by atoms with Gasteiger partial charge in [0.15, 0.2) is 0 Å². The van der Waals surface area contributed by atoms with Gasteiger partial charge in [0.25, 0.3) is 0 Å². The molecule has 1 aromatic carbocycles. The molecule has 0 aromatic heterocycles. The molecule has 0 bridgehead atoms. The van der Waals surface area contributed by atoms with Gasteiger partial charge in [0.1, 0.15) is 0 Å². The van der Waals surface area contributed by atoms with E-state index < -0.39 is 0 Å². The number of hydrogen-bond acceptors (Lipinski definition) is 2. The molecule has 1 unspecified atom stereocenters. The Morgan fingerprint density at radius 3 is 2.71 bits per heavy atom. The van der Waals surface area contributed by atoms with E-state index in [1.165, 1.54) is 12.8 Å². The van der Waals surface area contributed by atoms with Crippen LogP contribution in [0.5, 0.6) is 0 Å². The average Bonchev–Trinajstić information content (AvgIpc) is 3.00. The molecule has 0 saturated heterocycles. The van der Waals surface area contributed by atoms with Gasteiger partial charge in [-0.25, -0.2) is 0 Å². The third kappa shape index (κ3) is 2.28. The molecule has 3 N–H and O–H groups in total. The van der Waals surface area contributed by atoms with Crippen LogP contribution in [0.4, 0.5) is 5.69 Å². The molecule has 0 radical (unpaired) electrons. The second kappa shape index (κ2) is 4.32. The van der Waals surface area contributed by atoms with Crippen LogP contribution in [0.1, 0.15) is 12.8 Å². The summed E-state index contributed by atoms with van der Waals surface area (Å²) >= 11 is 3.52. The molecule has 1 aliphatic rings. The van der Waals surface area contributed by atoms with Crippen molar-refractivity contribution in [2.75, 3.05) is 11.9 Å². The maximum absolute atomic E-state index is 5.73. The minimum Gasteiger partial charge on any atom is -0.380 e. The number of hydrogen-bond donors (Lipinski definition) is 2. The lowest BCUT2D eigenvalue weighted by Gasteiger charge is -2.18. The highest BCUT2D eigenvalue weighted by molar-refractivity contribution is 9.10. The molecule has 2 nitrogen and oxygen atoms in total. The van der Waals surface area contributed by atoms with Gasteiger partial charge in [-0.3, -0.25) is 0 Å². The standard InChI is InChI=1S/C11H15BrN2/c12-9-3-1-2-4-10(9)14-11(7-13)8-5-6-8/h1-4,8,11,14H,5-7,13H2. The summed E-state index contributed by atoms with van der Waals surface area (Å²) in [5.74, 6) is 0.784. The third-order valence-corrected chi connectivity index (χ3v) is 3.35. The zero-order valence-electron chi connectivity index (χ0n) is 8.04. The van der Waals surface area contributed by atoms with Gasteiger partial charge in [0, 0.05) is 22.7 Å². The number of halogens is 1. The van der Waals surface area contributed by atoms with E-state index in [9.17, 15) is 0 Å². The molecule has 1 atom stereocenters. The topological polar surface area (TPSA) is 38.0 Å². The maximum atomic E-state index is 5.73. The lowest BCUT2D eigenvalue weighted by molar-refractivity contribution is 0.645. The highest BCUT2D eigenvalue weighted by Gasteiger charge is 2.30. The van der Waals surface area contributed by atoms with Crippen LogP contribution in [0.25, 0.3) is 0 Å². The molecule has 1 aromatic rings. The van der Waals surface area contributed by atoms with E-state index in [4.69, 9.17) is 5.73 Å². The van der Waals surface area contributed by atoms with E-state index in [1.54, 1.807) is 0 Å². The van der Waals surface area contributed by atoms with Crippen LogP contribution in [-0.4, -0.2) is 12.6 Å². The quantitative estimate of drug-likeness (QED) is 0.867. The fourth-order valence-corrected chi connectivity index (χ4v) is 2.05. The molecule has 14 heavy (non-hydrogen) atoms. The zero-order chi connectivity index (χ0) is 9.97. The van der Waals surface area contributed by atoms with Crippen molar-refractivity contribution in [3.8, 4) is 0 Å². The Morgan fingerprint density at radius 1 is 1.43 bits per heavy atom. The summed E-state index contributed by atoms with van der Waals surface area (Å²) in [5, 5.41) is 3.49. The molecular formula is C11H15BrN2. The number of benzene rings is 1. The van der Waals surface area contributed by atoms with Gasteiger partial charge in [-0.1, -0.05) is 12.1 Å². The average molecular weight is 255 g/mol. The Hall–Kier alpha value is -0.540. The predicted octanol–water partition coefficient (Wildman–Crippen LogP) is 2.60. The van der Waals surface area contributed by atoms with Gasteiger partial charge >= 0.3 is 0 Å². The molecule has 1 saturated carbocycles. The molecule has 1 fully saturated rings. The fourth-order valence-electron chi connectivity index (χ4n) is 1.65. The van der Waals surface area contributed by atoms with Crippen LogP contribution < -0.4 is 11.1 Å². The fraction of sp³-hybridized carbons (Fsp3) is 0.455. The van der Waals surface area contributed by atoms with Crippen molar-refractivity contribution < 1.29 is 0 Å². The smallest absolute Gasteiger partial charge is 0.0487 e. The minimum absolute atomic E-state index is 0.439. The van der Waals surface area contributed by atoms with Gasteiger partial charge < -0.3 is 11.1 Å². The molecule has 0 aliphatic heterocycles. The Morgan fingerprint density at radius 2 is 2.14 bits per heavy atom. The van der Waals surface area contributed by atoms with E-state index in [1.807, 2.05) is 18.2 Å². The number of nitrogens with one attached hydrogen (secondary N) is 1. The molecule has 0 spiro atoms. The summed E-state index contributed by atoms with van der Waals surface area (Å²) in [6, 6.07) is 8.61. The number of nitrogens with two attached hydrogens (primary N) is 1. The first-order chi connectivity index (χ1) is 6.81. The number of rotatable bonds is 4. The zero-order valence-corrected chi connectivity index (χ0v) is 9.63. The molecule has 2 rings (SSSR count). The third-order valence-electron chi connectivity index (χ3n) is 2.66. The van der Waals surface area contributed by atoms with Gasteiger partial charge in [-0.2, -0.15) is 0 Å². The second-order valence-corrected chi connectivity index (χ2v) is 4.66. The first kappa shape index (κ1) is 9.99. The normalized spacial score (nSPS) is 17.9. The maximum Gasteiger partial charge on any atom is 0.0487 e. The highest BCUT2D eigenvalue weighted by atomic mass is 79.9. The Bertz CT molecular complexity index is 310. The largest absolute Gasteiger partial charge is 0.380 e. The summed E-state index contributed by atoms with van der Waals surface area (Å²) in [6.45, 7) is 0.714. The summed E-state index contributed by atoms with van der Waals surface area (Å²) < 4.78 is 1.11. The molecular weight excluding hydrogens is 240 g/mol. The monoisotopic (exact) mass is 254 g/mol. The highest BCUT2D eigenvalue weighted by Crippen LogP contribution is 2.34. The van der Waals surface area contributed by atoms with Crippen molar-refractivity contribution in [1.82, 2.24) is 0 Å². The van der Waals surface area contributed by atoms with Crippen molar-refractivity contribution in [3.63, 3.8) is 0 Å². The van der Waals surface area contributed by atoms with Crippen molar-refractivity contribution in [3.05, 3.63) is 28.7 Å². The molecule has 76 valence electrons. The van der Waals surface area contributed by atoms with Gasteiger partial charge in [-0.15, -0.1) is 0 Å². The second-order valence-electron chi connectivity index (χ2n) is 3.80. The van der Waals surface area contributed by atoms with Crippen LogP contribution in [0, 0.1) is 5.92 Å². The molecule has 0 amide bonds. The minimum atomic E-state index is 0.439. The molecule has 0 heterocycles. The number of anilines is 1. The summed E-state index contributed by atoms with van der Waals surface area (Å²) in [4.78, 5) is 0. The van der Waals surface area contributed by atoms with Crippen molar-refractivity contribution in [2.45, 2.75) is 18.9 Å². The predicted molar refractivity (Wildman–Crippen MR) is 63.3 cm³/mol. The first-order valence-electron chi connectivity index (χ1n) is 5.02. The van der Waals surface area contributed by atoms with Gasteiger partial charge in [0.2, 0.25) is 0 Å². The lowest BCUT2D eigenvalue weighted by atomic mass is 10.1. The van der Waals surface area contributed by atoms with Crippen LogP contribution in [0.3, 0.4) is 0 Å². The van der Waals surface area contributed by atoms with Gasteiger partial charge in [0.05, 0.1) is 0 Å². The summed E-state index contributed by atoms with van der Waals surface area (Å²) in [7, 11) is 0. The molecule has 3 heteroatoms. The summed E-state index contributed by atoms with van der Waals surface area (Å²) in [5.41, 5.74) is 6.88. The van der Waals surface area contributed by atoms with Crippen LogP contribution in [0.15, 0.2) is 28.7 Å². The van der Waals surface area contributed by atoms with Crippen LogP contribution >= 0.6 is 15.9 Å². The Balaban J connectivity index is 2.04. The Kier molecular flexibility index (Phi) is 3.08. The Labute approximate surface area is 93.0 Å². The lowest BCUT2D eigenvalue weighted by Crippen LogP contribution is -2.30. The van der Waals surface area contributed by atoms with E-state index >= 15 is 0 Å². The van der Waals surface area contributed by atoms with E-state index in [0.717, 1.165) is 16.1 Å². The van der Waals surface area contributed by atoms with Crippen LogP contribution in [0.2, 0.25) is 0 Å². The molecule has 1 aliphatic carbocycles. The first-order valence-corrected chi connectivity index (χ1v) is 5.81. The van der Waals surface area contributed by atoms with Crippen LogP contribution in [-0.2, 0) is 0 Å². The van der Waals surface area contributed by atoms with Crippen molar-refractivity contribution in [2.24, 2.45) is 11.7 Å². The van der Waals surface area contributed by atoms with E-state index in [0.29, 0.717) is 12.6 Å². The van der Waals surface area contributed by atoms with E-state index in [2.05, 4.69) is 27.3 Å². The SMILES string of the molecule is NCC(Nc1ccccc1Br)C1CC1. The van der Waals surface area contributed by atoms with Crippen molar-refractivity contribution >= 4 is 21.6 Å². The van der Waals surface area contributed by atoms with E-state index in [-0.39, 0.29) is 0 Å². The summed E-state index contributed by atoms with van der Waals surface area (Å²) in [6.07, 6.45) is 2.64. The van der Waals surface area contributed by atoms with Crippen molar-refractivity contribution in [1.29, 1.82) is 0 Å².